The predicted octanol–water partition coefficient (Wildman–Crippen LogP) is 3.81. The number of hydrogen-bond acceptors (Lipinski definition) is 3. The average Bonchev–Trinajstić information content (AvgIpc) is 2.96. The molecule has 5 nitrogen and oxygen atoms in total. The highest BCUT2D eigenvalue weighted by molar-refractivity contribution is 9.10. The van der Waals surface area contributed by atoms with Crippen LogP contribution in [0.15, 0.2) is 28.7 Å². The normalized spacial score (nSPS) is 17.7. The van der Waals surface area contributed by atoms with Gasteiger partial charge >= 0.3 is 6.09 Å². The number of likely N-dealkylation sites (N-methyl/N-ethyl adjacent to an activating group) is 1. The van der Waals surface area contributed by atoms with Crippen LogP contribution in [0, 0.1) is 0 Å². The molecule has 1 atom stereocenters. The first-order valence-electron chi connectivity index (χ1n) is 8.17. The van der Waals surface area contributed by atoms with Gasteiger partial charge in [0.2, 0.25) is 5.91 Å². The van der Waals surface area contributed by atoms with Crippen LogP contribution in [0.4, 0.5) is 4.79 Å². The summed E-state index contributed by atoms with van der Waals surface area (Å²) >= 11 is 3.50. The zero-order chi connectivity index (χ0) is 17.9. The highest BCUT2D eigenvalue weighted by Gasteiger charge is 2.37. The van der Waals surface area contributed by atoms with Crippen LogP contribution in [-0.4, -0.2) is 47.0 Å². The van der Waals surface area contributed by atoms with Gasteiger partial charge in [0.25, 0.3) is 0 Å². The standard InChI is InChI=1S/C18H25BrN2O3/c1-18(2,3)24-17(23)21-11-7-10-15(21)16(22)20(4)12-13-8-5-6-9-14(13)19/h5-6,8-9,15H,7,10-12H2,1-4H3/t15-/m0/s1. The minimum atomic E-state index is -0.561. The number of likely N-dealkylation sites (tertiary alicyclic amines) is 1. The van der Waals surface area contributed by atoms with Gasteiger partial charge in [0, 0.05) is 24.6 Å². The van der Waals surface area contributed by atoms with Crippen molar-refractivity contribution in [1.29, 1.82) is 0 Å². The third-order valence-corrected chi connectivity index (χ3v) is 4.68. The smallest absolute Gasteiger partial charge is 0.410 e. The molecule has 0 spiro atoms. The lowest BCUT2D eigenvalue weighted by molar-refractivity contribution is -0.135. The molecule has 0 radical (unpaired) electrons. The second kappa shape index (κ2) is 7.55. The van der Waals surface area contributed by atoms with Crippen LogP contribution in [0.1, 0.15) is 39.2 Å². The Bertz CT molecular complexity index is 613. The van der Waals surface area contributed by atoms with E-state index >= 15 is 0 Å². The molecule has 132 valence electrons. The molecule has 0 aliphatic carbocycles. The van der Waals surface area contributed by atoms with E-state index in [9.17, 15) is 9.59 Å². The van der Waals surface area contributed by atoms with Crippen molar-refractivity contribution in [2.24, 2.45) is 0 Å². The second-order valence-electron chi connectivity index (χ2n) is 7.12. The zero-order valence-electron chi connectivity index (χ0n) is 14.7. The van der Waals surface area contributed by atoms with Crippen molar-refractivity contribution >= 4 is 27.9 Å². The van der Waals surface area contributed by atoms with Gasteiger partial charge in [-0.3, -0.25) is 9.69 Å². The molecule has 1 aromatic carbocycles. The van der Waals surface area contributed by atoms with Crippen LogP contribution in [0.25, 0.3) is 0 Å². The highest BCUT2D eigenvalue weighted by Crippen LogP contribution is 2.24. The molecular formula is C18H25BrN2O3. The topological polar surface area (TPSA) is 49.9 Å². The number of nitrogens with zero attached hydrogens (tertiary/aromatic N) is 2. The van der Waals surface area contributed by atoms with E-state index in [0.717, 1.165) is 16.5 Å². The van der Waals surface area contributed by atoms with Crippen LogP contribution >= 0.6 is 15.9 Å². The summed E-state index contributed by atoms with van der Waals surface area (Å²) in [5.41, 5.74) is 0.476. The number of carbonyl (C=O) groups excluding carboxylic acids is 2. The van der Waals surface area contributed by atoms with Gasteiger partial charge < -0.3 is 9.64 Å². The molecule has 0 unspecified atom stereocenters. The van der Waals surface area contributed by atoms with Gasteiger partial charge in [-0.1, -0.05) is 34.1 Å². The molecule has 1 aliphatic heterocycles. The summed E-state index contributed by atoms with van der Waals surface area (Å²) in [6.07, 6.45) is 1.09. The molecule has 24 heavy (non-hydrogen) atoms. The first-order valence-corrected chi connectivity index (χ1v) is 8.96. The fourth-order valence-corrected chi connectivity index (χ4v) is 3.19. The van der Waals surface area contributed by atoms with E-state index in [1.807, 2.05) is 45.0 Å². The lowest BCUT2D eigenvalue weighted by Crippen LogP contribution is -2.47. The van der Waals surface area contributed by atoms with Crippen molar-refractivity contribution in [3.05, 3.63) is 34.3 Å². The Morgan fingerprint density at radius 1 is 1.33 bits per heavy atom. The second-order valence-corrected chi connectivity index (χ2v) is 7.97. The van der Waals surface area contributed by atoms with Gasteiger partial charge in [0.15, 0.2) is 0 Å². The van der Waals surface area contributed by atoms with Crippen LogP contribution in [-0.2, 0) is 16.1 Å². The van der Waals surface area contributed by atoms with E-state index in [4.69, 9.17) is 4.74 Å². The number of rotatable bonds is 3. The minimum absolute atomic E-state index is 0.0471. The number of halogens is 1. The largest absolute Gasteiger partial charge is 0.444 e. The fourth-order valence-electron chi connectivity index (χ4n) is 2.78. The Morgan fingerprint density at radius 2 is 2.00 bits per heavy atom. The van der Waals surface area contributed by atoms with Crippen molar-refractivity contribution < 1.29 is 14.3 Å². The van der Waals surface area contributed by atoms with Gasteiger partial charge in [-0.15, -0.1) is 0 Å². The Labute approximate surface area is 152 Å². The molecule has 1 aromatic rings. The first kappa shape index (κ1) is 18.8. The Morgan fingerprint density at radius 3 is 2.62 bits per heavy atom. The summed E-state index contributed by atoms with van der Waals surface area (Å²) in [6.45, 7) is 6.55. The Hall–Kier alpha value is -1.56. The van der Waals surface area contributed by atoms with Gasteiger partial charge in [-0.25, -0.2) is 4.79 Å². The number of carbonyl (C=O) groups is 2. The molecule has 2 amide bonds. The molecule has 1 heterocycles. The quantitative estimate of drug-likeness (QED) is 0.780. The van der Waals surface area contributed by atoms with Crippen LogP contribution in [0.5, 0.6) is 0 Å². The van der Waals surface area contributed by atoms with Crippen LogP contribution < -0.4 is 0 Å². The van der Waals surface area contributed by atoms with Crippen LogP contribution in [0.3, 0.4) is 0 Å². The zero-order valence-corrected chi connectivity index (χ0v) is 16.3. The van der Waals surface area contributed by atoms with E-state index in [2.05, 4.69) is 15.9 Å². The van der Waals surface area contributed by atoms with Crippen LogP contribution in [0.2, 0.25) is 0 Å². The lowest BCUT2D eigenvalue weighted by Gasteiger charge is -2.30. The summed E-state index contributed by atoms with van der Waals surface area (Å²) < 4.78 is 6.40. The van der Waals surface area contributed by atoms with Gasteiger partial charge in [0.05, 0.1) is 0 Å². The predicted molar refractivity (Wildman–Crippen MR) is 96.6 cm³/mol. The maximum atomic E-state index is 12.8. The van der Waals surface area contributed by atoms with Gasteiger partial charge in [0.1, 0.15) is 11.6 Å². The number of hydrogen-bond donors (Lipinski definition) is 0. The third kappa shape index (κ3) is 4.72. The molecule has 1 fully saturated rings. The number of benzene rings is 1. The van der Waals surface area contributed by atoms with Gasteiger partial charge in [-0.2, -0.15) is 0 Å². The van der Waals surface area contributed by atoms with E-state index in [-0.39, 0.29) is 5.91 Å². The van der Waals surface area contributed by atoms with Crippen molar-refractivity contribution in [1.82, 2.24) is 9.80 Å². The molecule has 2 rings (SSSR count). The van der Waals surface area contributed by atoms with Gasteiger partial charge in [-0.05, 0) is 45.2 Å². The monoisotopic (exact) mass is 396 g/mol. The molecular weight excluding hydrogens is 372 g/mol. The van der Waals surface area contributed by atoms with Crippen molar-refractivity contribution in [2.45, 2.75) is 51.8 Å². The van der Waals surface area contributed by atoms with Crippen molar-refractivity contribution in [3.8, 4) is 0 Å². The Balaban J connectivity index is 2.04. The molecule has 0 bridgehead atoms. The summed E-state index contributed by atoms with van der Waals surface area (Å²) in [5.74, 6) is -0.0471. The number of ether oxygens (including phenoxy) is 1. The summed E-state index contributed by atoms with van der Waals surface area (Å²) in [5, 5.41) is 0. The van der Waals surface area contributed by atoms with E-state index in [0.29, 0.717) is 19.5 Å². The van der Waals surface area contributed by atoms with Crippen molar-refractivity contribution in [2.75, 3.05) is 13.6 Å². The molecule has 0 aromatic heterocycles. The first-order chi connectivity index (χ1) is 11.2. The maximum absolute atomic E-state index is 12.8. The fraction of sp³-hybridized carbons (Fsp3) is 0.556. The molecule has 1 aliphatic rings. The number of amides is 2. The minimum Gasteiger partial charge on any atom is -0.444 e. The molecule has 6 heteroatoms. The summed E-state index contributed by atoms with van der Waals surface area (Å²) in [4.78, 5) is 28.4. The molecule has 0 N–H and O–H groups in total. The summed E-state index contributed by atoms with van der Waals surface area (Å²) in [6, 6.07) is 7.38. The average molecular weight is 397 g/mol. The molecule has 1 saturated heterocycles. The Kier molecular flexibility index (Phi) is 5.91. The SMILES string of the molecule is CN(Cc1ccccc1Br)C(=O)[C@@H]1CCCN1C(=O)OC(C)(C)C. The van der Waals surface area contributed by atoms with E-state index < -0.39 is 17.7 Å². The van der Waals surface area contributed by atoms with Crippen molar-refractivity contribution in [3.63, 3.8) is 0 Å². The molecule has 0 saturated carbocycles. The van der Waals surface area contributed by atoms with E-state index in [1.165, 1.54) is 0 Å². The third-order valence-electron chi connectivity index (χ3n) is 3.91. The summed E-state index contributed by atoms with van der Waals surface area (Å²) in [7, 11) is 1.77. The van der Waals surface area contributed by atoms with E-state index in [1.54, 1.807) is 16.8 Å². The maximum Gasteiger partial charge on any atom is 0.410 e. The highest BCUT2D eigenvalue weighted by atomic mass is 79.9. The lowest BCUT2D eigenvalue weighted by atomic mass is 10.1.